The summed E-state index contributed by atoms with van der Waals surface area (Å²) in [6.45, 7) is 6.42. The van der Waals surface area contributed by atoms with Crippen LogP contribution < -0.4 is 0 Å². The Labute approximate surface area is 138 Å². The monoisotopic (exact) mass is 336 g/mol. The van der Waals surface area contributed by atoms with Gasteiger partial charge in [0.1, 0.15) is 0 Å². The maximum atomic E-state index is 12.6. The van der Waals surface area contributed by atoms with Crippen LogP contribution in [0.25, 0.3) is 0 Å². The van der Waals surface area contributed by atoms with E-state index in [-0.39, 0.29) is 28.9 Å². The fraction of sp³-hybridized carbons (Fsp3) is 0.529. The fourth-order valence-corrected chi connectivity index (χ4v) is 4.24. The maximum absolute atomic E-state index is 12.6. The van der Waals surface area contributed by atoms with E-state index in [2.05, 4.69) is 4.98 Å². The Balaban J connectivity index is 2.21. The Hall–Kier alpha value is -1.69. The van der Waals surface area contributed by atoms with E-state index < -0.39 is 9.84 Å². The summed E-state index contributed by atoms with van der Waals surface area (Å²) in [5, 5.41) is 0. The number of hydrogen-bond acceptors (Lipinski definition) is 4. The van der Waals surface area contributed by atoms with Crippen molar-refractivity contribution in [1.29, 1.82) is 0 Å². The molecule has 2 rings (SSSR count). The number of nitrogens with zero attached hydrogens (tertiary/aromatic N) is 2. The zero-order chi connectivity index (χ0) is 17.1. The minimum Gasteiger partial charge on any atom is -0.331 e. The Bertz CT molecular complexity index is 676. The highest BCUT2D eigenvalue weighted by molar-refractivity contribution is 7.91. The van der Waals surface area contributed by atoms with Gasteiger partial charge in [0, 0.05) is 25.0 Å². The van der Waals surface area contributed by atoms with Gasteiger partial charge in [-0.1, -0.05) is 32.9 Å². The average Bonchev–Trinajstić information content (AvgIpc) is 2.82. The minimum atomic E-state index is -3.04. The summed E-state index contributed by atoms with van der Waals surface area (Å²) in [5.41, 5.74) is 0.798. The van der Waals surface area contributed by atoms with Crippen molar-refractivity contribution in [1.82, 2.24) is 9.88 Å². The molecule has 0 saturated carbocycles. The molecule has 6 heteroatoms. The predicted octanol–water partition coefficient (Wildman–Crippen LogP) is 2.20. The molecule has 0 spiro atoms. The van der Waals surface area contributed by atoms with Crippen LogP contribution in [0.2, 0.25) is 0 Å². The molecule has 2 heterocycles. The number of carbonyl (C=O) groups is 1. The van der Waals surface area contributed by atoms with Crippen LogP contribution >= 0.6 is 0 Å². The van der Waals surface area contributed by atoms with Gasteiger partial charge in [-0.3, -0.25) is 9.78 Å². The molecular formula is C17H24N2O3S. The van der Waals surface area contributed by atoms with E-state index in [1.54, 1.807) is 23.4 Å². The molecule has 23 heavy (non-hydrogen) atoms. The van der Waals surface area contributed by atoms with Gasteiger partial charge in [-0.15, -0.1) is 0 Å². The van der Waals surface area contributed by atoms with Gasteiger partial charge in [0.05, 0.1) is 11.5 Å². The number of carbonyl (C=O) groups excluding carboxylic acids is 1. The van der Waals surface area contributed by atoms with Gasteiger partial charge < -0.3 is 4.90 Å². The van der Waals surface area contributed by atoms with Crippen molar-refractivity contribution in [3.8, 4) is 0 Å². The number of aromatic nitrogens is 1. The van der Waals surface area contributed by atoms with Crippen LogP contribution in [0.15, 0.2) is 36.7 Å². The Morgan fingerprint density at radius 3 is 2.70 bits per heavy atom. The van der Waals surface area contributed by atoms with E-state index in [0.717, 1.165) is 5.56 Å². The summed E-state index contributed by atoms with van der Waals surface area (Å²) in [6.07, 6.45) is 7.29. The summed E-state index contributed by atoms with van der Waals surface area (Å²) in [6, 6.07) is 3.44. The van der Waals surface area contributed by atoms with Crippen LogP contribution in [0.3, 0.4) is 0 Å². The van der Waals surface area contributed by atoms with Crippen LogP contribution in [-0.2, 0) is 21.2 Å². The first-order valence-corrected chi connectivity index (χ1v) is 9.58. The highest BCUT2D eigenvalue weighted by Gasteiger charge is 2.34. The molecule has 5 nitrogen and oxygen atoms in total. The first kappa shape index (κ1) is 17.7. The van der Waals surface area contributed by atoms with Crippen LogP contribution in [-0.4, -0.2) is 41.8 Å². The lowest BCUT2D eigenvalue weighted by atomic mass is 9.96. The Morgan fingerprint density at radius 1 is 1.43 bits per heavy atom. The van der Waals surface area contributed by atoms with Gasteiger partial charge in [0.25, 0.3) is 0 Å². The number of hydrogen-bond donors (Lipinski definition) is 0. The molecule has 0 aliphatic carbocycles. The zero-order valence-corrected chi connectivity index (χ0v) is 14.7. The number of allylic oxidation sites excluding steroid dienone is 1. The first-order chi connectivity index (χ1) is 10.7. The van der Waals surface area contributed by atoms with Gasteiger partial charge in [-0.2, -0.15) is 0 Å². The fourth-order valence-electron chi connectivity index (χ4n) is 2.51. The van der Waals surface area contributed by atoms with Gasteiger partial charge in [0.15, 0.2) is 9.84 Å². The molecule has 0 N–H and O–H groups in total. The number of sulfone groups is 1. The third kappa shape index (κ3) is 5.46. The lowest BCUT2D eigenvalue weighted by Gasteiger charge is -2.27. The molecule has 126 valence electrons. The summed E-state index contributed by atoms with van der Waals surface area (Å²) >= 11 is 0. The zero-order valence-electron chi connectivity index (χ0n) is 13.9. The van der Waals surface area contributed by atoms with Crippen molar-refractivity contribution in [2.45, 2.75) is 39.8 Å². The quantitative estimate of drug-likeness (QED) is 0.791. The van der Waals surface area contributed by atoms with E-state index in [9.17, 15) is 13.2 Å². The molecule has 1 saturated heterocycles. The van der Waals surface area contributed by atoms with E-state index in [1.165, 1.54) is 0 Å². The molecule has 0 bridgehead atoms. The number of rotatable bonds is 4. The van der Waals surface area contributed by atoms with Gasteiger partial charge >= 0.3 is 0 Å². The summed E-state index contributed by atoms with van der Waals surface area (Å²) in [4.78, 5) is 18.3. The van der Waals surface area contributed by atoms with Crippen molar-refractivity contribution in [3.63, 3.8) is 0 Å². The smallest absolute Gasteiger partial charge is 0.246 e. The second kappa shape index (κ2) is 6.83. The molecule has 1 aliphatic heterocycles. The average molecular weight is 336 g/mol. The van der Waals surface area contributed by atoms with Crippen LogP contribution in [0.1, 0.15) is 32.8 Å². The molecule has 0 aromatic carbocycles. The molecule has 1 amide bonds. The maximum Gasteiger partial charge on any atom is 0.246 e. The molecule has 1 aromatic heterocycles. The van der Waals surface area contributed by atoms with Crippen LogP contribution in [0, 0.1) is 5.41 Å². The Kier molecular flexibility index (Phi) is 5.24. The first-order valence-electron chi connectivity index (χ1n) is 7.75. The summed E-state index contributed by atoms with van der Waals surface area (Å²) < 4.78 is 23.5. The van der Waals surface area contributed by atoms with E-state index in [0.29, 0.717) is 13.0 Å². The second-order valence-corrected chi connectivity index (χ2v) is 9.31. The SMILES string of the molecule is CC(C)(C)C=CC(=O)N(Cc1cccnc1)C1CCS(=O)(=O)C1. The normalized spacial score (nSPS) is 20.7. The number of amides is 1. The van der Waals surface area contributed by atoms with Crippen molar-refractivity contribution in [2.24, 2.45) is 5.41 Å². The van der Waals surface area contributed by atoms with E-state index >= 15 is 0 Å². The molecule has 1 atom stereocenters. The third-order valence-electron chi connectivity index (χ3n) is 3.73. The molecule has 1 unspecified atom stereocenters. The second-order valence-electron chi connectivity index (χ2n) is 7.08. The topological polar surface area (TPSA) is 67.3 Å². The Morgan fingerprint density at radius 2 is 2.17 bits per heavy atom. The highest BCUT2D eigenvalue weighted by atomic mass is 32.2. The van der Waals surface area contributed by atoms with E-state index in [4.69, 9.17) is 0 Å². The summed E-state index contributed by atoms with van der Waals surface area (Å²) in [5.74, 6) is 0.0469. The number of pyridine rings is 1. The molecule has 1 aliphatic rings. The molecule has 1 fully saturated rings. The third-order valence-corrected chi connectivity index (χ3v) is 5.48. The van der Waals surface area contributed by atoms with Gasteiger partial charge in [-0.25, -0.2) is 8.42 Å². The van der Waals surface area contributed by atoms with Crippen molar-refractivity contribution in [2.75, 3.05) is 11.5 Å². The van der Waals surface area contributed by atoms with Crippen molar-refractivity contribution >= 4 is 15.7 Å². The van der Waals surface area contributed by atoms with Crippen LogP contribution in [0.5, 0.6) is 0 Å². The molecule has 1 aromatic rings. The molecule has 0 radical (unpaired) electrons. The summed E-state index contributed by atoms with van der Waals surface area (Å²) in [7, 11) is -3.04. The van der Waals surface area contributed by atoms with Crippen LogP contribution in [0.4, 0.5) is 0 Å². The lowest BCUT2D eigenvalue weighted by molar-refractivity contribution is -0.128. The highest BCUT2D eigenvalue weighted by Crippen LogP contribution is 2.21. The lowest BCUT2D eigenvalue weighted by Crippen LogP contribution is -2.39. The largest absolute Gasteiger partial charge is 0.331 e. The predicted molar refractivity (Wildman–Crippen MR) is 90.4 cm³/mol. The standard InChI is InChI=1S/C17H24N2O3S/c1-17(2,3)8-6-16(20)19(12-14-5-4-9-18-11-14)15-7-10-23(21,22)13-15/h4-6,8-9,11,15H,7,10,12-13H2,1-3H3. The van der Waals surface area contributed by atoms with Gasteiger partial charge in [-0.05, 0) is 29.5 Å². The van der Waals surface area contributed by atoms with Crippen molar-refractivity contribution in [3.05, 3.63) is 42.2 Å². The van der Waals surface area contributed by atoms with Crippen molar-refractivity contribution < 1.29 is 13.2 Å². The molecular weight excluding hydrogens is 312 g/mol. The van der Waals surface area contributed by atoms with Gasteiger partial charge in [0.2, 0.25) is 5.91 Å². The van der Waals surface area contributed by atoms with E-state index in [1.807, 2.05) is 39.0 Å². The minimum absolute atomic E-state index is 0.0440.